The number of aryl methyl sites for hydroxylation is 1. The number of benzene rings is 1. The van der Waals surface area contributed by atoms with Crippen molar-refractivity contribution in [2.45, 2.75) is 58.1 Å². The first kappa shape index (κ1) is 15.4. The Balaban J connectivity index is 1.73. The van der Waals surface area contributed by atoms with E-state index in [-0.39, 0.29) is 6.10 Å². The first-order valence-electron chi connectivity index (χ1n) is 8.45. The molecule has 0 saturated heterocycles. The normalized spacial score (nSPS) is 24.2. The fourth-order valence-corrected chi connectivity index (χ4v) is 3.29. The van der Waals surface area contributed by atoms with Gasteiger partial charge in [-0.25, -0.2) is 0 Å². The molecule has 0 radical (unpaired) electrons. The summed E-state index contributed by atoms with van der Waals surface area (Å²) in [5.74, 6) is 1.64. The highest BCUT2D eigenvalue weighted by Gasteiger charge is 2.36. The molecule has 3 heteroatoms. The second-order valence-electron chi connectivity index (χ2n) is 7.04. The molecule has 0 spiro atoms. The Bertz CT molecular complexity index is 546. The summed E-state index contributed by atoms with van der Waals surface area (Å²) in [4.78, 5) is 2.34. The minimum atomic E-state index is -0.137. The molecule has 0 bridgehead atoms. The molecule has 0 unspecified atom stereocenters. The lowest BCUT2D eigenvalue weighted by Crippen LogP contribution is -2.48. The molecule has 3 rings (SSSR count). The lowest BCUT2D eigenvalue weighted by Gasteiger charge is -2.45. The lowest BCUT2D eigenvalue weighted by atomic mass is 9.85. The average Bonchev–Trinajstić information content (AvgIpc) is 2.44. The van der Waals surface area contributed by atoms with Crippen molar-refractivity contribution >= 4 is 5.69 Å². The smallest absolute Gasteiger partial charge is 0.119 e. The summed E-state index contributed by atoms with van der Waals surface area (Å²) in [5.41, 5.74) is 3.78. The van der Waals surface area contributed by atoms with Crippen LogP contribution in [0, 0.1) is 5.92 Å². The maximum absolute atomic E-state index is 9.59. The largest absolute Gasteiger partial charge is 0.494 e. The summed E-state index contributed by atoms with van der Waals surface area (Å²) in [6.07, 6.45) is 4.67. The van der Waals surface area contributed by atoms with E-state index in [1.165, 1.54) is 16.9 Å². The summed E-state index contributed by atoms with van der Waals surface area (Å²) in [5, 5.41) is 9.59. The Morgan fingerprint density at radius 2 is 2.09 bits per heavy atom. The third kappa shape index (κ3) is 3.14. The highest BCUT2D eigenvalue weighted by molar-refractivity contribution is 5.63. The van der Waals surface area contributed by atoms with E-state index in [0.717, 1.165) is 44.5 Å². The van der Waals surface area contributed by atoms with Gasteiger partial charge in [-0.05, 0) is 61.8 Å². The summed E-state index contributed by atoms with van der Waals surface area (Å²) in [6.45, 7) is 9.44. The Labute approximate surface area is 133 Å². The first-order valence-corrected chi connectivity index (χ1v) is 8.45. The molecule has 1 N–H and O–H groups in total. The number of rotatable bonds is 5. The molecule has 1 aromatic carbocycles. The number of hydrogen-bond donors (Lipinski definition) is 1. The second-order valence-corrected chi connectivity index (χ2v) is 7.04. The molecule has 2 aliphatic rings. The van der Waals surface area contributed by atoms with Crippen molar-refractivity contribution in [1.82, 2.24) is 0 Å². The number of fused-ring (bicyclic) bond motifs is 1. The molecule has 0 amide bonds. The summed E-state index contributed by atoms with van der Waals surface area (Å²) in [7, 11) is 0. The van der Waals surface area contributed by atoms with Crippen LogP contribution in [0.1, 0.15) is 45.1 Å². The van der Waals surface area contributed by atoms with E-state index >= 15 is 0 Å². The van der Waals surface area contributed by atoms with Gasteiger partial charge in [-0.15, -0.1) is 0 Å². The van der Waals surface area contributed by atoms with Gasteiger partial charge >= 0.3 is 0 Å². The molecule has 22 heavy (non-hydrogen) atoms. The third-order valence-corrected chi connectivity index (χ3v) is 4.75. The zero-order valence-electron chi connectivity index (χ0n) is 13.7. The molecule has 1 aliphatic carbocycles. The molecule has 120 valence electrons. The fraction of sp³-hybridized carbons (Fsp3) is 0.579. The van der Waals surface area contributed by atoms with Crippen LogP contribution in [-0.4, -0.2) is 23.9 Å². The standard InChI is InChI=1S/C19H27NO2/c1-13(2)8-9-22-18-6-7-19-15(10-18)5-4-14(3)20(19)16-11-17(21)12-16/h6-7,10,13,16-17,21H,3-5,8-9,11-12H2,1-2H3. The molecule has 1 heterocycles. The Kier molecular flexibility index (Phi) is 4.44. The van der Waals surface area contributed by atoms with Crippen LogP contribution in [0.5, 0.6) is 5.75 Å². The zero-order valence-corrected chi connectivity index (χ0v) is 13.7. The Morgan fingerprint density at radius 3 is 2.77 bits per heavy atom. The molecule has 1 saturated carbocycles. The van der Waals surface area contributed by atoms with Crippen molar-refractivity contribution in [3.8, 4) is 5.75 Å². The van der Waals surface area contributed by atoms with Crippen LogP contribution in [0.4, 0.5) is 5.69 Å². The van der Waals surface area contributed by atoms with Gasteiger partial charge in [0.1, 0.15) is 5.75 Å². The van der Waals surface area contributed by atoms with Gasteiger partial charge in [-0.3, -0.25) is 0 Å². The van der Waals surface area contributed by atoms with Crippen LogP contribution in [0.25, 0.3) is 0 Å². The van der Waals surface area contributed by atoms with Crippen LogP contribution < -0.4 is 9.64 Å². The molecule has 0 atom stereocenters. The van der Waals surface area contributed by atoms with Gasteiger partial charge < -0.3 is 14.7 Å². The number of hydrogen-bond acceptors (Lipinski definition) is 3. The van der Waals surface area contributed by atoms with Crippen LogP contribution in [0.2, 0.25) is 0 Å². The summed E-state index contributed by atoms with van der Waals surface area (Å²) >= 11 is 0. The van der Waals surface area contributed by atoms with Gasteiger partial charge in [0.05, 0.1) is 12.7 Å². The van der Waals surface area contributed by atoms with Crippen LogP contribution in [0.3, 0.4) is 0 Å². The Hall–Kier alpha value is -1.48. The van der Waals surface area contributed by atoms with Gasteiger partial charge in [0.25, 0.3) is 0 Å². The van der Waals surface area contributed by atoms with E-state index in [1.807, 2.05) is 0 Å². The maximum Gasteiger partial charge on any atom is 0.119 e. The summed E-state index contributed by atoms with van der Waals surface area (Å²) in [6, 6.07) is 6.83. The van der Waals surface area contributed by atoms with Gasteiger partial charge in [-0.2, -0.15) is 0 Å². The van der Waals surface area contributed by atoms with E-state index in [2.05, 4.69) is 43.5 Å². The lowest BCUT2D eigenvalue weighted by molar-refractivity contribution is 0.0750. The van der Waals surface area contributed by atoms with Crippen LogP contribution in [-0.2, 0) is 6.42 Å². The molecule has 0 aromatic heterocycles. The molecule has 1 aliphatic heterocycles. The third-order valence-electron chi connectivity index (χ3n) is 4.75. The van der Waals surface area contributed by atoms with Crippen LogP contribution in [0.15, 0.2) is 30.5 Å². The van der Waals surface area contributed by atoms with E-state index in [0.29, 0.717) is 12.0 Å². The topological polar surface area (TPSA) is 32.7 Å². The van der Waals surface area contributed by atoms with E-state index in [1.54, 1.807) is 0 Å². The maximum atomic E-state index is 9.59. The van der Waals surface area contributed by atoms with Gasteiger partial charge in [0.15, 0.2) is 0 Å². The predicted molar refractivity (Wildman–Crippen MR) is 90.4 cm³/mol. The van der Waals surface area contributed by atoms with E-state index in [9.17, 15) is 5.11 Å². The summed E-state index contributed by atoms with van der Waals surface area (Å²) < 4.78 is 5.88. The molecule has 1 fully saturated rings. The number of allylic oxidation sites excluding steroid dienone is 1. The zero-order chi connectivity index (χ0) is 15.7. The number of aliphatic hydroxyl groups excluding tert-OH is 1. The average molecular weight is 301 g/mol. The van der Waals surface area contributed by atoms with Crippen molar-refractivity contribution in [1.29, 1.82) is 0 Å². The highest BCUT2D eigenvalue weighted by Crippen LogP contribution is 2.40. The molecular weight excluding hydrogens is 274 g/mol. The number of anilines is 1. The SMILES string of the molecule is C=C1CCc2cc(OCCC(C)C)ccc2N1C1CC(O)C1. The highest BCUT2D eigenvalue weighted by atomic mass is 16.5. The van der Waals surface area contributed by atoms with Crippen molar-refractivity contribution < 1.29 is 9.84 Å². The van der Waals surface area contributed by atoms with Gasteiger partial charge in [-0.1, -0.05) is 20.4 Å². The number of aliphatic hydroxyl groups is 1. The van der Waals surface area contributed by atoms with Crippen LogP contribution >= 0.6 is 0 Å². The number of nitrogens with zero attached hydrogens (tertiary/aromatic N) is 1. The second kappa shape index (κ2) is 6.33. The number of ether oxygens (including phenoxy) is 1. The van der Waals surface area contributed by atoms with Crippen molar-refractivity contribution in [3.05, 3.63) is 36.0 Å². The fourth-order valence-electron chi connectivity index (χ4n) is 3.29. The minimum Gasteiger partial charge on any atom is -0.494 e. The molecule has 3 nitrogen and oxygen atoms in total. The van der Waals surface area contributed by atoms with E-state index < -0.39 is 0 Å². The molecular formula is C19H27NO2. The van der Waals surface area contributed by atoms with Crippen molar-refractivity contribution in [2.75, 3.05) is 11.5 Å². The van der Waals surface area contributed by atoms with Gasteiger partial charge in [0.2, 0.25) is 0 Å². The Morgan fingerprint density at radius 1 is 1.32 bits per heavy atom. The van der Waals surface area contributed by atoms with Crippen molar-refractivity contribution in [2.24, 2.45) is 5.92 Å². The quantitative estimate of drug-likeness (QED) is 0.895. The van der Waals surface area contributed by atoms with Crippen molar-refractivity contribution in [3.63, 3.8) is 0 Å². The first-order chi connectivity index (χ1) is 10.5. The van der Waals surface area contributed by atoms with Gasteiger partial charge in [0, 0.05) is 17.4 Å². The minimum absolute atomic E-state index is 0.137. The molecule has 1 aromatic rings. The predicted octanol–water partition coefficient (Wildman–Crippen LogP) is 3.90. The van der Waals surface area contributed by atoms with E-state index in [4.69, 9.17) is 4.74 Å². The monoisotopic (exact) mass is 301 g/mol.